The fraction of sp³-hybridized carbons (Fsp3) is 0.214. The molecular weight excluding hydrogens is 292 g/mol. The lowest BCUT2D eigenvalue weighted by Crippen LogP contribution is -2.20. The molecule has 1 unspecified atom stereocenters. The van der Waals surface area contributed by atoms with Crippen LogP contribution in [0.25, 0.3) is 0 Å². The third kappa shape index (κ3) is 3.61. The number of halogens is 1. The first-order valence-corrected chi connectivity index (χ1v) is 6.68. The van der Waals surface area contributed by atoms with Gasteiger partial charge in [0.25, 0.3) is 0 Å². The lowest BCUT2D eigenvalue weighted by molar-refractivity contribution is -0.147. The fourth-order valence-electron chi connectivity index (χ4n) is 1.60. The van der Waals surface area contributed by atoms with Gasteiger partial charge in [-0.3, -0.25) is 4.68 Å². The van der Waals surface area contributed by atoms with Gasteiger partial charge in [0, 0.05) is 11.8 Å². The molecule has 0 radical (unpaired) electrons. The molecule has 1 heterocycles. The van der Waals surface area contributed by atoms with Crippen LogP contribution in [0, 0.1) is 6.92 Å². The number of benzene rings is 1. The van der Waals surface area contributed by atoms with Gasteiger partial charge in [0.15, 0.2) is 5.84 Å². The smallest absolute Gasteiger partial charge is 0.359 e. The first-order valence-electron chi connectivity index (χ1n) is 6.30. The van der Waals surface area contributed by atoms with Gasteiger partial charge in [-0.15, -0.1) is 0 Å². The summed E-state index contributed by atoms with van der Waals surface area (Å²) in [7, 11) is 0. The number of carbonyl (C=O) groups excluding carboxylic acids is 1. The first-order chi connectivity index (χ1) is 9.99. The molecule has 1 aromatic carbocycles. The molecule has 0 saturated carbocycles. The maximum atomic E-state index is 11.9. The van der Waals surface area contributed by atoms with Gasteiger partial charge in [0.2, 0.25) is 0 Å². The largest absolute Gasteiger partial charge is 0.380 e. The van der Waals surface area contributed by atoms with E-state index in [9.17, 15) is 4.79 Å². The van der Waals surface area contributed by atoms with E-state index in [-0.39, 0.29) is 5.84 Å². The van der Waals surface area contributed by atoms with E-state index >= 15 is 0 Å². The molecule has 6 nitrogen and oxygen atoms in total. The van der Waals surface area contributed by atoms with Crippen LogP contribution in [0.3, 0.4) is 0 Å². The number of nitrogens with zero attached hydrogens (tertiary/aromatic N) is 3. The van der Waals surface area contributed by atoms with Gasteiger partial charge in [-0.05, 0) is 13.8 Å². The first kappa shape index (κ1) is 15.1. The normalized spacial score (nSPS) is 13.0. The van der Waals surface area contributed by atoms with Crippen molar-refractivity contribution in [3.8, 4) is 0 Å². The summed E-state index contributed by atoms with van der Waals surface area (Å²) in [6.07, 6.45) is 1.56. The Labute approximate surface area is 127 Å². The highest BCUT2D eigenvalue weighted by Crippen LogP contribution is 2.16. The second kappa shape index (κ2) is 6.41. The molecule has 0 aliphatic rings. The van der Waals surface area contributed by atoms with Crippen molar-refractivity contribution in [2.24, 2.45) is 10.9 Å². The maximum absolute atomic E-state index is 11.9. The monoisotopic (exact) mass is 306 g/mol. The zero-order valence-corrected chi connectivity index (χ0v) is 12.4. The Morgan fingerprint density at radius 3 is 2.67 bits per heavy atom. The van der Waals surface area contributed by atoms with Crippen LogP contribution in [-0.2, 0) is 9.63 Å². The fourth-order valence-corrected chi connectivity index (χ4v) is 1.74. The molecule has 1 atom stereocenters. The number of aromatic nitrogens is 2. The standard InChI is InChI=1S/C14H15ClN4O2/c1-9-12(15)8-19(17-9)10(2)14(20)21-18-13(16)11-6-4-3-5-7-11/h3-8,10H,1-2H3,(H2,16,18). The summed E-state index contributed by atoms with van der Waals surface area (Å²) < 4.78 is 1.42. The third-order valence-corrected chi connectivity index (χ3v) is 3.27. The van der Waals surface area contributed by atoms with Gasteiger partial charge in [-0.2, -0.15) is 5.10 Å². The summed E-state index contributed by atoms with van der Waals surface area (Å²) in [5, 5.41) is 8.25. The molecule has 21 heavy (non-hydrogen) atoms. The minimum atomic E-state index is -0.650. The third-order valence-electron chi connectivity index (χ3n) is 2.90. The molecule has 2 N–H and O–H groups in total. The summed E-state index contributed by atoms with van der Waals surface area (Å²) in [4.78, 5) is 16.8. The van der Waals surface area contributed by atoms with Crippen molar-refractivity contribution in [2.45, 2.75) is 19.9 Å². The van der Waals surface area contributed by atoms with Crippen LogP contribution in [0.5, 0.6) is 0 Å². The van der Waals surface area contributed by atoms with Crippen LogP contribution < -0.4 is 5.73 Å². The Kier molecular flexibility index (Phi) is 4.59. The second-order valence-corrected chi connectivity index (χ2v) is 4.88. The van der Waals surface area contributed by atoms with Crippen molar-refractivity contribution in [1.29, 1.82) is 0 Å². The molecule has 0 amide bonds. The van der Waals surface area contributed by atoms with Gasteiger partial charge in [-0.25, -0.2) is 4.79 Å². The number of hydrogen-bond acceptors (Lipinski definition) is 4. The molecule has 2 aromatic rings. The number of nitrogens with two attached hydrogens (primary N) is 1. The average molecular weight is 307 g/mol. The zero-order valence-electron chi connectivity index (χ0n) is 11.7. The molecule has 0 spiro atoms. The van der Waals surface area contributed by atoms with Gasteiger partial charge in [-0.1, -0.05) is 47.1 Å². The second-order valence-electron chi connectivity index (χ2n) is 4.47. The zero-order chi connectivity index (χ0) is 15.4. The predicted octanol–water partition coefficient (Wildman–Crippen LogP) is 2.27. The minimum Gasteiger partial charge on any atom is -0.380 e. The van der Waals surface area contributed by atoms with E-state index in [4.69, 9.17) is 22.2 Å². The summed E-state index contributed by atoms with van der Waals surface area (Å²) in [6.45, 7) is 3.39. The molecule has 110 valence electrons. The molecule has 0 fully saturated rings. The quantitative estimate of drug-likeness (QED) is 0.406. The van der Waals surface area contributed by atoms with E-state index in [1.807, 2.05) is 18.2 Å². The van der Waals surface area contributed by atoms with Crippen molar-refractivity contribution >= 4 is 23.4 Å². The highest BCUT2D eigenvalue weighted by molar-refractivity contribution is 6.31. The van der Waals surface area contributed by atoms with Gasteiger partial charge >= 0.3 is 5.97 Å². The molecule has 2 rings (SSSR count). The summed E-state index contributed by atoms with van der Waals surface area (Å²) in [5.74, 6) is -0.445. The Hall–Kier alpha value is -2.34. The summed E-state index contributed by atoms with van der Waals surface area (Å²) >= 11 is 5.90. The highest BCUT2D eigenvalue weighted by atomic mass is 35.5. The molecule has 0 aliphatic carbocycles. The molecule has 0 saturated heterocycles. The van der Waals surface area contributed by atoms with Crippen molar-refractivity contribution in [3.63, 3.8) is 0 Å². The Morgan fingerprint density at radius 2 is 2.10 bits per heavy atom. The molecular formula is C14H15ClN4O2. The molecule has 1 aromatic heterocycles. The summed E-state index contributed by atoms with van der Waals surface area (Å²) in [5.41, 5.74) is 7.06. The number of aryl methyl sites for hydroxylation is 1. The molecule has 0 aliphatic heterocycles. The van der Waals surface area contributed by atoms with E-state index in [2.05, 4.69) is 10.3 Å². The average Bonchev–Trinajstić information content (AvgIpc) is 2.84. The lowest BCUT2D eigenvalue weighted by atomic mass is 10.2. The van der Waals surface area contributed by atoms with E-state index < -0.39 is 12.0 Å². The van der Waals surface area contributed by atoms with Crippen molar-refractivity contribution < 1.29 is 9.63 Å². The maximum Gasteiger partial charge on any atom is 0.359 e. The van der Waals surface area contributed by atoms with E-state index in [1.165, 1.54) is 4.68 Å². The lowest BCUT2D eigenvalue weighted by Gasteiger charge is -2.08. The van der Waals surface area contributed by atoms with E-state index in [0.717, 1.165) is 0 Å². The number of carbonyl (C=O) groups is 1. The van der Waals surface area contributed by atoms with E-state index in [1.54, 1.807) is 32.2 Å². The number of rotatable bonds is 4. The SMILES string of the molecule is Cc1nn(C(C)C(=O)O/N=C(\N)c2ccccc2)cc1Cl. The predicted molar refractivity (Wildman–Crippen MR) is 79.9 cm³/mol. The number of oxime groups is 1. The molecule has 7 heteroatoms. The Morgan fingerprint density at radius 1 is 1.43 bits per heavy atom. The van der Waals surface area contributed by atoms with Crippen LogP contribution in [0.2, 0.25) is 5.02 Å². The summed E-state index contributed by atoms with van der Waals surface area (Å²) in [6, 6.07) is 8.38. The Bertz CT molecular complexity index is 647. The van der Waals surface area contributed by atoms with Crippen molar-refractivity contribution in [3.05, 3.63) is 52.8 Å². The van der Waals surface area contributed by atoms with Gasteiger partial charge in [0.05, 0.1) is 10.7 Å². The number of amidine groups is 1. The van der Waals surface area contributed by atoms with Crippen molar-refractivity contribution in [2.75, 3.05) is 0 Å². The van der Waals surface area contributed by atoms with E-state index in [0.29, 0.717) is 16.3 Å². The van der Waals surface area contributed by atoms with Crippen LogP contribution in [0.4, 0.5) is 0 Å². The van der Waals surface area contributed by atoms with Crippen LogP contribution in [0.15, 0.2) is 41.7 Å². The van der Waals surface area contributed by atoms with Gasteiger partial charge in [0.1, 0.15) is 6.04 Å². The highest BCUT2D eigenvalue weighted by Gasteiger charge is 2.19. The van der Waals surface area contributed by atoms with Gasteiger partial charge < -0.3 is 10.6 Å². The minimum absolute atomic E-state index is 0.130. The van der Waals surface area contributed by atoms with Crippen LogP contribution >= 0.6 is 11.6 Å². The number of hydrogen-bond donors (Lipinski definition) is 1. The Balaban J connectivity index is 2.04. The van der Waals surface area contributed by atoms with Crippen LogP contribution in [0.1, 0.15) is 24.2 Å². The van der Waals surface area contributed by atoms with Crippen molar-refractivity contribution in [1.82, 2.24) is 9.78 Å². The molecule has 0 bridgehead atoms. The van der Waals surface area contributed by atoms with Crippen LogP contribution in [-0.4, -0.2) is 21.6 Å². The topological polar surface area (TPSA) is 82.5 Å².